The van der Waals surface area contributed by atoms with Crippen LogP contribution < -0.4 is 4.90 Å². The minimum Gasteiger partial charge on any atom is -0.310 e. The molecule has 1 aromatic heterocycles. The van der Waals surface area contributed by atoms with Crippen molar-refractivity contribution in [3.8, 4) is 33.4 Å². The van der Waals surface area contributed by atoms with Gasteiger partial charge in [0.15, 0.2) is 0 Å². The monoisotopic (exact) mass is 729 g/mol. The molecule has 0 aliphatic rings. The second kappa shape index (κ2) is 13.4. The summed E-state index contributed by atoms with van der Waals surface area (Å²) in [4.78, 5) is 2.42. The molecule has 1 nitrogen and oxygen atoms in total. The van der Waals surface area contributed by atoms with Gasteiger partial charge in [-0.15, -0.1) is 11.3 Å². The van der Waals surface area contributed by atoms with Gasteiger partial charge in [0.25, 0.3) is 0 Å². The van der Waals surface area contributed by atoms with E-state index in [0.717, 1.165) is 17.1 Å². The van der Waals surface area contributed by atoms with Crippen LogP contribution in [0.2, 0.25) is 0 Å². The average Bonchev–Trinajstić information content (AvgIpc) is 3.67. The zero-order valence-corrected chi connectivity index (χ0v) is 31.4. The predicted molar refractivity (Wildman–Crippen MR) is 243 cm³/mol. The predicted octanol–water partition coefficient (Wildman–Crippen LogP) is 16.0. The molecule has 0 spiro atoms. The minimum atomic E-state index is 1.11. The third-order valence-electron chi connectivity index (χ3n) is 11.3. The zero-order chi connectivity index (χ0) is 37.0. The molecule has 11 rings (SSSR count). The molecule has 2 heteroatoms. The maximum atomic E-state index is 2.42. The van der Waals surface area contributed by atoms with E-state index >= 15 is 0 Å². The topological polar surface area (TPSA) is 3.24 Å². The van der Waals surface area contributed by atoms with E-state index in [4.69, 9.17) is 0 Å². The number of benzene rings is 10. The number of nitrogens with zero attached hydrogens (tertiary/aromatic N) is 1. The summed E-state index contributed by atoms with van der Waals surface area (Å²) in [6, 6.07) is 77.6. The van der Waals surface area contributed by atoms with Crippen molar-refractivity contribution in [3.05, 3.63) is 212 Å². The van der Waals surface area contributed by atoms with E-state index in [9.17, 15) is 0 Å². The first-order valence-corrected chi connectivity index (χ1v) is 20.0. The Morgan fingerprint density at radius 2 is 0.857 bits per heavy atom. The van der Waals surface area contributed by atoms with E-state index in [0.29, 0.717) is 0 Å². The Hall–Kier alpha value is -7.00. The van der Waals surface area contributed by atoms with E-state index in [1.165, 1.54) is 85.9 Å². The molecule has 0 aliphatic carbocycles. The summed E-state index contributed by atoms with van der Waals surface area (Å²) < 4.78 is 2.64. The highest BCUT2D eigenvalue weighted by Gasteiger charge is 2.19. The van der Waals surface area contributed by atoms with Crippen LogP contribution in [0.15, 0.2) is 212 Å². The van der Waals surface area contributed by atoms with Gasteiger partial charge in [-0.3, -0.25) is 0 Å². The highest BCUT2D eigenvalue weighted by atomic mass is 32.1. The number of anilines is 3. The van der Waals surface area contributed by atoms with Crippen molar-refractivity contribution in [1.29, 1.82) is 0 Å². The van der Waals surface area contributed by atoms with Gasteiger partial charge >= 0.3 is 0 Å². The maximum absolute atomic E-state index is 2.42. The number of fused-ring (bicyclic) bond motifs is 7. The molecule has 0 bridgehead atoms. The standard InChI is InChI=1S/C54H35NS/c1-2-12-37(13-3-1)47-35-34-46(53-50-19-8-9-23-52(50)56-54(47)53)40-26-31-42(32-27-40)55(51-22-11-21-48-45-18-7-5-15-38(45)28-33-49(48)51)41-29-24-39(25-30-41)44-20-10-16-36-14-4-6-17-43(36)44/h1-35H. The molecule has 0 fully saturated rings. The van der Waals surface area contributed by atoms with Gasteiger partial charge in [-0.25, -0.2) is 0 Å². The van der Waals surface area contributed by atoms with Gasteiger partial charge in [0.1, 0.15) is 0 Å². The molecule has 0 amide bonds. The second-order valence-electron chi connectivity index (χ2n) is 14.4. The fraction of sp³-hybridized carbons (Fsp3) is 0. The van der Waals surface area contributed by atoms with Gasteiger partial charge in [0.2, 0.25) is 0 Å². The SMILES string of the molecule is c1ccc(-c2ccc(-c3ccc(N(c4ccc(-c5cccc6ccccc56)cc4)c4cccc5c4ccc4ccccc45)cc3)c3c2sc2ccccc23)cc1. The molecule has 0 unspecified atom stereocenters. The third-order valence-corrected chi connectivity index (χ3v) is 12.5. The molecule has 0 atom stereocenters. The molecule has 1 heterocycles. The van der Waals surface area contributed by atoms with Crippen LogP contribution in [-0.2, 0) is 0 Å². The van der Waals surface area contributed by atoms with Crippen LogP contribution in [0.4, 0.5) is 17.1 Å². The Morgan fingerprint density at radius 3 is 1.62 bits per heavy atom. The molecule has 0 N–H and O–H groups in total. The van der Waals surface area contributed by atoms with Crippen LogP contribution in [0, 0.1) is 0 Å². The first-order chi connectivity index (χ1) is 27.8. The lowest BCUT2D eigenvalue weighted by atomic mass is 9.94. The van der Waals surface area contributed by atoms with E-state index < -0.39 is 0 Å². The molecule has 56 heavy (non-hydrogen) atoms. The summed E-state index contributed by atoms with van der Waals surface area (Å²) >= 11 is 1.89. The Morgan fingerprint density at radius 1 is 0.304 bits per heavy atom. The zero-order valence-electron chi connectivity index (χ0n) is 30.6. The summed E-state index contributed by atoms with van der Waals surface area (Å²) in [5.41, 5.74) is 10.8. The Balaban J connectivity index is 1.07. The normalized spacial score (nSPS) is 11.6. The lowest BCUT2D eigenvalue weighted by Crippen LogP contribution is -2.10. The van der Waals surface area contributed by atoms with Crippen molar-refractivity contribution < 1.29 is 0 Å². The van der Waals surface area contributed by atoms with Gasteiger partial charge in [-0.2, -0.15) is 0 Å². The summed E-state index contributed by atoms with van der Waals surface area (Å²) in [5, 5.41) is 10.1. The Bertz CT molecular complexity index is 3230. The number of rotatable bonds is 6. The summed E-state index contributed by atoms with van der Waals surface area (Å²) in [7, 11) is 0. The second-order valence-corrected chi connectivity index (χ2v) is 15.5. The van der Waals surface area contributed by atoms with Crippen LogP contribution in [0.25, 0.3) is 85.9 Å². The van der Waals surface area contributed by atoms with Gasteiger partial charge in [-0.05, 0) is 96.7 Å². The van der Waals surface area contributed by atoms with Crippen molar-refractivity contribution in [2.45, 2.75) is 0 Å². The summed E-state index contributed by atoms with van der Waals surface area (Å²) in [5.74, 6) is 0. The molecular weight excluding hydrogens is 695 g/mol. The van der Waals surface area contributed by atoms with Gasteiger partial charge in [-0.1, -0.05) is 176 Å². The summed E-state index contributed by atoms with van der Waals surface area (Å²) in [6.07, 6.45) is 0. The molecule has 10 aromatic carbocycles. The quantitative estimate of drug-likeness (QED) is 0.154. The smallest absolute Gasteiger partial charge is 0.0540 e. The number of hydrogen-bond donors (Lipinski definition) is 0. The van der Waals surface area contributed by atoms with Crippen molar-refractivity contribution in [3.63, 3.8) is 0 Å². The average molecular weight is 730 g/mol. The van der Waals surface area contributed by atoms with Gasteiger partial charge in [0, 0.05) is 36.9 Å². The van der Waals surface area contributed by atoms with Crippen molar-refractivity contribution in [2.24, 2.45) is 0 Å². The fourth-order valence-electron chi connectivity index (χ4n) is 8.62. The van der Waals surface area contributed by atoms with Crippen LogP contribution in [0.3, 0.4) is 0 Å². The highest BCUT2D eigenvalue weighted by Crippen LogP contribution is 2.46. The lowest BCUT2D eigenvalue weighted by Gasteiger charge is -2.27. The van der Waals surface area contributed by atoms with Gasteiger partial charge < -0.3 is 4.90 Å². The van der Waals surface area contributed by atoms with Crippen LogP contribution in [0.5, 0.6) is 0 Å². The molecule has 0 saturated heterocycles. The van der Waals surface area contributed by atoms with Crippen LogP contribution in [-0.4, -0.2) is 0 Å². The summed E-state index contributed by atoms with van der Waals surface area (Å²) in [6.45, 7) is 0. The van der Waals surface area contributed by atoms with Crippen molar-refractivity contribution in [2.75, 3.05) is 4.90 Å². The Labute approximate surface area is 330 Å². The number of hydrogen-bond acceptors (Lipinski definition) is 2. The van der Waals surface area contributed by atoms with Gasteiger partial charge in [0.05, 0.1) is 5.69 Å². The van der Waals surface area contributed by atoms with Crippen LogP contribution in [0.1, 0.15) is 0 Å². The Kier molecular flexibility index (Phi) is 7.75. The maximum Gasteiger partial charge on any atom is 0.0540 e. The molecule has 262 valence electrons. The molecule has 0 aliphatic heterocycles. The first-order valence-electron chi connectivity index (χ1n) is 19.2. The third kappa shape index (κ3) is 5.38. The van der Waals surface area contributed by atoms with E-state index in [1.807, 2.05) is 11.3 Å². The first kappa shape index (κ1) is 32.4. The molecule has 11 aromatic rings. The van der Waals surface area contributed by atoms with Crippen molar-refractivity contribution >= 4 is 80.9 Å². The molecule has 0 radical (unpaired) electrons. The molecular formula is C54H35NS. The van der Waals surface area contributed by atoms with E-state index in [-0.39, 0.29) is 0 Å². The minimum absolute atomic E-state index is 1.11. The molecule has 0 saturated carbocycles. The number of thiophene rings is 1. The van der Waals surface area contributed by atoms with Crippen molar-refractivity contribution in [1.82, 2.24) is 0 Å². The van der Waals surface area contributed by atoms with Crippen LogP contribution >= 0.6 is 11.3 Å². The fourth-order valence-corrected chi connectivity index (χ4v) is 9.88. The van der Waals surface area contributed by atoms with E-state index in [2.05, 4.69) is 217 Å². The van der Waals surface area contributed by atoms with E-state index in [1.54, 1.807) is 0 Å². The lowest BCUT2D eigenvalue weighted by molar-refractivity contribution is 1.30. The largest absolute Gasteiger partial charge is 0.310 e. The highest BCUT2D eigenvalue weighted by molar-refractivity contribution is 7.26.